The van der Waals surface area contributed by atoms with Gasteiger partial charge in [0.15, 0.2) is 0 Å². The van der Waals surface area contributed by atoms with E-state index in [2.05, 4.69) is 10.6 Å². The largest absolute Gasteiger partial charge is 0.507 e. The molecule has 0 saturated heterocycles. The number of hydrogen-bond donors (Lipinski definition) is 3. The summed E-state index contributed by atoms with van der Waals surface area (Å²) in [7, 11) is 0. The van der Waals surface area contributed by atoms with Crippen LogP contribution in [0.15, 0.2) is 78.9 Å². The molecule has 3 aromatic carbocycles. The van der Waals surface area contributed by atoms with Crippen molar-refractivity contribution in [2.24, 2.45) is 0 Å². The number of amides is 2. The van der Waals surface area contributed by atoms with Gasteiger partial charge in [-0.15, -0.1) is 0 Å². The van der Waals surface area contributed by atoms with Crippen LogP contribution in [0.2, 0.25) is 0 Å². The fraction of sp³-hybridized carbons (Fsp3) is 0.130. The molecule has 3 rings (SSSR count). The average molecular weight is 374 g/mol. The molecular formula is C23H22N2O3. The fourth-order valence-electron chi connectivity index (χ4n) is 2.83. The van der Waals surface area contributed by atoms with Crippen LogP contribution in [0.4, 0.5) is 0 Å². The number of hydrogen-bond acceptors (Lipinski definition) is 3. The Balaban J connectivity index is 1.42. The van der Waals surface area contributed by atoms with Gasteiger partial charge in [0.2, 0.25) is 5.91 Å². The predicted octanol–water partition coefficient (Wildman–Crippen LogP) is 3.15. The summed E-state index contributed by atoms with van der Waals surface area (Å²) < 4.78 is 0. The Hall–Kier alpha value is -3.60. The summed E-state index contributed by atoms with van der Waals surface area (Å²) >= 11 is 0. The monoisotopic (exact) mass is 374 g/mol. The van der Waals surface area contributed by atoms with Gasteiger partial charge in [0, 0.05) is 13.1 Å². The molecular weight excluding hydrogens is 352 g/mol. The second kappa shape index (κ2) is 9.37. The fourth-order valence-corrected chi connectivity index (χ4v) is 2.83. The predicted molar refractivity (Wildman–Crippen MR) is 109 cm³/mol. The molecule has 0 heterocycles. The lowest BCUT2D eigenvalue weighted by molar-refractivity contribution is -0.120. The van der Waals surface area contributed by atoms with E-state index in [1.165, 1.54) is 6.07 Å². The Kier molecular flexibility index (Phi) is 6.41. The zero-order valence-electron chi connectivity index (χ0n) is 15.4. The van der Waals surface area contributed by atoms with Gasteiger partial charge in [-0.05, 0) is 28.8 Å². The summed E-state index contributed by atoms with van der Waals surface area (Å²) in [6.45, 7) is 0.603. The number of benzene rings is 3. The quantitative estimate of drug-likeness (QED) is 0.556. The molecule has 0 radical (unpaired) electrons. The first-order chi connectivity index (χ1) is 13.6. The van der Waals surface area contributed by atoms with Crippen molar-refractivity contribution in [1.82, 2.24) is 10.6 Å². The van der Waals surface area contributed by atoms with Gasteiger partial charge in [0.1, 0.15) is 5.75 Å². The van der Waals surface area contributed by atoms with E-state index in [1.54, 1.807) is 18.2 Å². The Labute approximate surface area is 164 Å². The van der Waals surface area contributed by atoms with Gasteiger partial charge in [-0.1, -0.05) is 66.7 Å². The number of rotatable bonds is 7. The Bertz CT molecular complexity index is 938. The summed E-state index contributed by atoms with van der Waals surface area (Å²) in [5.41, 5.74) is 3.39. The van der Waals surface area contributed by atoms with Crippen molar-refractivity contribution in [2.75, 3.05) is 13.1 Å². The van der Waals surface area contributed by atoms with Gasteiger partial charge >= 0.3 is 0 Å². The molecule has 0 unspecified atom stereocenters. The molecule has 5 nitrogen and oxygen atoms in total. The molecule has 0 aliphatic heterocycles. The lowest BCUT2D eigenvalue weighted by Crippen LogP contribution is -2.35. The molecule has 0 fully saturated rings. The molecule has 0 aliphatic carbocycles. The maximum atomic E-state index is 12.1. The van der Waals surface area contributed by atoms with Gasteiger partial charge in [-0.2, -0.15) is 0 Å². The molecule has 3 aromatic rings. The normalized spacial score (nSPS) is 10.3. The number of carbonyl (C=O) groups is 2. The molecule has 5 heteroatoms. The van der Waals surface area contributed by atoms with E-state index in [-0.39, 0.29) is 36.1 Å². The molecule has 142 valence electrons. The Morgan fingerprint density at radius 1 is 0.714 bits per heavy atom. The summed E-state index contributed by atoms with van der Waals surface area (Å²) in [6.07, 6.45) is 0.280. The van der Waals surface area contributed by atoms with Crippen LogP contribution in [0, 0.1) is 0 Å². The highest BCUT2D eigenvalue weighted by Crippen LogP contribution is 2.19. The smallest absolute Gasteiger partial charge is 0.255 e. The summed E-state index contributed by atoms with van der Waals surface area (Å²) in [5, 5.41) is 15.1. The van der Waals surface area contributed by atoms with Crippen LogP contribution in [0.25, 0.3) is 11.1 Å². The van der Waals surface area contributed by atoms with Crippen LogP contribution in [0.5, 0.6) is 5.75 Å². The maximum absolute atomic E-state index is 12.1. The SMILES string of the molecule is O=C(Cc1ccc(-c2ccccc2)cc1)NCCNC(=O)c1ccccc1O. The van der Waals surface area contributed by atoms with E-state index >= 15 is 0 Å². The third kappa shape index (κ3) is 5.20. The van der Waals surface area contributed by atoms with E-state index in [4.69, 9.17) is 0 Å². The molecule has 0 bridgehead atoms. The van der Waals surface area contributed by atoms with Crippen molar-refractivity contribution in [3.63, 3.8) is 0 Å². The van der Waals surface area contributed by atoms with E-state index in [0.29, 0.717) is 6.54 Å². The van der Waals surface area contributed by atoms with Crippen LogP contribution in [0.3, 0.4) is 0 Å². The first-order valence-corrected chi connectivity index (χ1v) is 9.11. The molecule has 0 aliphatic rings. The van der Waals surface area contributed by atoms with Gasteiger partial charge < -0.3 is 15.7 Å². The molecule has 3 N–H and O–H groups in total. The number of phenolic OH excluding ortho intramolecular Hbond substituents is 1. The van der Waals surface area contributed by atoms with Crippen molar-refractivity contribution in [3.05, 3.63) is 90.0 Å². The molecule has 2 amide bonds. The Morgan fingerprint density at radius 2 is 1.32 bits per heavy atom. The van der Waals surface area contributed by atoms with Crippen LogP contribution >= 0.6 is 0 Å². The van der Waals surface area contributed by atoms with Crippen molar-refractivity contribution in [3.8, 4) is 16.9 Å². The van der Waals surface area contributed by atoms with E-state index in [1.807, 2.05) is 54.6 Å². The van der Waals surface area contributed by atoms with Crippen molar-refractivity contribution in [2.45, 2.75) is 6.42 Å². The zero-order chi connectivity index (χ0) is 19.8. The number of carbonyl (C=O) groups excluding carboxylic acids is 2. The van der Waals surface area contributed by atoms with Crippen molar-refractivity contribution >= 4 is 11.8 Å². The maximum Gasteiger partial charge on any atom is 0.255 e. The zero-order valence-corrected chi connectivity index (χ0v) is 15.4. The minimum Gasteiger partial charge on any atom is -0.507 e. The summed E-state index contributed by atoms with van der Waals surface area (Å²) in [5.74, 6) is -0.545. The minimum atomic E-state index is -0.371. The van der Waals surface area contributed by atoms with Crippen LogP contribution in [-0.2, 0) is 11.2 Å². The minimum absolute atomic E-state index is 0.0667. The highest BCUT2D eigenvalue weighted by molar-refractivity contribution is 5.96. The second-order valence-electron chi connectivity index (χ2n) is 6.36. The lowest BCUT2D eigenvalue weighted by atomic mass is 10.0. The van der Waals surface area contributed by atoms with Crippen LogP contribution in [-0.4, -0.2) is 30.0 Å². The molecule has 0 saturated carbocycles. The molecule has 0 atom stereocenters. The third-order valence-corrected chi connectivity index (χ3v) is 4.31. The van der Waals surface area contributed by atoms with Crippen molar-refractivity contribution < 1.29 is 14.7 Å². The topological polar surface area (TPSA) is 78.4 Å². The van der Waals surface area contributed by atoms with E-state index in [9.17, 15) is 14.7 Å². The number of nitrogens with one attached hydrogen (secondary N) is 2. The van der Waals surface area contributed by atoms with Gasteiger partial charge in [0.05, 0.1) is 12.0 Å². The van der Waals surface area contributed by atoms with Gasteiger partial charge in [-0.25, -0.2) is 0 Å². The van der Waals surface area contributed by atoms with Crippen LogP contribution in [0.1, 0.15) is 15.9 Å². The highest BCUT2D eigenvalue weighted by atomic mass is 16.3. The first-order valence-electron chi connectivity index (χ1n) is 9.11. The lowest BCUT2D eigenvalue weighted by Gasteiger charge is -2.09. The van der Waals surface area contributed by atoms with Crippen LogP contribution < -0.4 is 10.6 Å². The highest BCUT2D eigenvalue weighted by Gasteiger charge is 2.09. The summed E-state index contributed by atoms with van der Waals surface area (Å²) in [6, 6.07) is 24.3. The first kappa shape index (κ1) is 19.2. The second-order valence-corrected chi connectivity index (χ2v) is 6.36. The molecule has 0 aromatic heterocycles. The number of phenols is 1. The van der Waals surface area contributed by atoms with E-state index in [0.717, 1.165) is 16.7 Å². The Morgan fingerprint density at radius 3 is 2.04 bits per heavy atom. The third-order valence-electron chi connectivity index (χ3n) is 4.31. The molecule has 28 heavy (non-hydrogen) atoms. The number of aromatic hydroxyl groups is 1. The van der Waals surface area contributed by atoms with Gasteiger partial charge in [0.25, 0.3) is 5.91 Å². The van der Waals surface area contributed by atoms with Crippen molar-refractivity contribution in [1.29, 1.82) is 0 Å². The standard InChI is InChI=1S/C23H22N2O3/c26-21-9-5-4-8-20(21)23(28)25-15-14-24-22(27)16-17-10-12-19(13-11-17)18-6-2-1-3-7-18/h1-13,26H,14-16H2,(H,24,27)(H,25,28). The van der Waals surface area contributed by atoms with E-state index < -0.39 is 0 Å². The van der Waals surface area contributed by atoms with Gasteiger partial charge in [-0.3, -0.25) is 9.59 Å². The molecule has 0 spiro atoms. The summed E-state index contributed by atoms with van der Waals surface area (Å²) in [4.78, 5) is 24.0. The number of para-hydroxylation sites is 1. The average Bonchev–Trinajstić information content (AvgIpc) is 2.72.